The van der Waals surface area contributed by atoms with Gasteiger partial charge in [0, 0.05) is 19.6 Å². The van der Waals surface area contributed by atoms with E-state index in [0.29, 0.717) is 45.2 Å². The van der Waals surface area contributed by atoms with Gasteiger partial charge in [-0.05, 0) is 38.5 Å². The van der Waals surface area contributed by atoms with Gasteiger partial charge in [-0.25, -0.2) is 13.2 Å². The number of rotatable bonds is 8. The molecule has 4 amide bonds. The van der Waals surface area contributed by atoms with Crippen molar-refractivity contribution in [2.24, 2.45) is 0 Å². The molecule has 0 bridgehead atoms. The third-order valence-corrected chi connectivity index (χ3v) is 8.21. The van der Waals surface area contributed by atoms with Crippen LogP contribution < -0.4 is 10.6 Å². The van der Waals surface area contributed by atoms with Crippen LogP contribution in [0.1, 0.15) is 64.7 Å². The molecule has 0 aromatic rings. The number of nitrogens with zero attached hydrogens (tertiary/aromatic N) is 2. The number of piperidine rings is 1. The zero-order valence-electron chi connectivity index (χ0n) is 17.1. The van der Waals surface area contributed by atoms with Gasteiger partial charge in [0.25, 0.3) is 5.91 Å². The van der Waals surface area contributed by atoms with Crippen LogP contribution in [0.15, 0.2) is 0 Å². The van der Waals surface area contributed by atoms with Crippen molar-refractivity contribution >= 4 is 27.9 Å². The van der Waals surface area contributed by atoms with Crippen LogP contribution in [-0.4, -0.2) is 72.4 Å². The second-order valence-electron chi connectivity index (χ2n) is 8.26. The van der Waals surface area contributed by atoms with Gasteiger partial charge in [0.05, 0.1) is 5.75 Å². The molecule has 29 heavy (non-hydrogen) atoms. The largest absolute Gasteiger partial charge is 0.355 e. The van der Waals surface area contributed by atoms with Crippen molar-refractivity contribution in [2.75, 3.05) is 25.4 Å². The molecule has 10 heteroatoms. The lowest BCUT2D eigenvalue weighted by atomic mass is 9.98. The van der Waals surface area contributed by atoms with Crippen molar-refractivity contribution in [1.29, 1.82) is 0 Å². The van der Waals surface area contributed by atoms with Crippen molar-refractivity contribution in [2.45, 2.75) is 76.3 Å². The normalized spacial score (nSPS) is 24.9. The molecule has 1 saturated carbocycles. The molecule has 1 atom stereocenters. The van der Waals surface area contributed by atoms with E-state index in [2.05, 4.69) is 10.6 Å². The molecule has 2 N–H and O–H groups in total. The zero-order valence-corrected chi connectivity index (χ0v) is 17.9. The Morgan fingerprint density at radius 2 is 1.93 bits per heavy atom. The molecular formula is C19H32N4O5S. The Hall–Kier alpha value is -1.68. The Bertz CT molecular complexity index is 748. The first-order chi connectivity index (χ1) is 13.8. The molecule has 0 unspecified atom stereocenters. The summed E-state index contributed by atoms with van der Waals surface area (Å²) in [5, 5.41) is 5.64. The van der Waals surface area contributed by atoms with Crippen LogP contribution in [0.25, 0.3) is 0 Å². The van der Waals surface area contributed by atoms with Gasteiger partial charge >= 0.3 is 6.03 Å². The molecule has 9 nitrogen and oxygen atoms in total. The van der Waals surface area contributed by atoms with Gasteiger partial charge in [-0.15, -0.1) is 0 Å². The summed E-state index contributed by atoms with van der Waals surface area (Å²) in [6.07, 6.45) is 6.31. The highest BCUT2D eigenvalue weighted by molar-refractivity contribution is 7.89. The summed E-state index contributed by atoms with van der Waals surface area (Å²) in [7, 11) is -3.43. The number of urea groups is 1. The van der Waals surface area contributed by atoms with Crippen LogP contribution in [0.3, 0.4) is 0 Å². The number of sulfonamides is 1. The molecule has 2 saturated heterocycles. The maximum Gasteiger partial charge on any atom is 0.325 e. The van der Waals surface area contributed by atoms with Crippen LogP contribution in [0.2, 0.25) is 0 Å². The summed E-state index contributed by atoms with van der Waals surface area (Å²) < 4.78 is 26.3. The SMILES string of the molecule is CCCS(=O)(=O)N1CCCC[C@H]1C(=O)NCCCN1C(=O)NC2(CCCC2)C1=O. The van der Waals surface area contributed by atoms with Gasteiger partial charge in [0.1, 0.15) is 11.6 Å². The number of carbonyl (C=O) groups is 3. The molecule has 2 heterocycles. The van der Waals surface area contributed by atoms with Gasteiger partial charge in [0.2, 0.25) is 15.9 Å². The fraction of sp³-hybridized carbons (Fsp3) is 0.842. The summed E-state index contributed by atoms with van der Waals surface area (Å²) in [5.74, 6) is -0.408. The highest BCUT2D eigenvalue weighted by Gasteiger charge is 2.52. The molecule has 0 aromatic heterocycles. The minimum absolute atomic E-state index is 0.0463. The summed E-state index contributed by atoms with van der Waals surface area (Å²) >= 11 is 0. The molecule has 0 radical (unpaired) electrons. The fourth-order valence-electron chi connectivity index (χ4n) is 4.64. The van der Waals surface area contributed by atoms with E-state index in [1.165, 1.54) is 9.21 Å². The van der Waals surface area contributed by atoms with E-state index in [4.69, 9.17) is 0 Å². The van der Waals surface area contributed by atoms with Crippen molar-refractivity contribution < 1.29 is 22.8 Å². The topological polar surface area (TPSA) is 116 Å². The second-order valence-corrected chi connectivity index (χ2v) is 10.3. The maximum atomic E-state index is 12.6. The molecule has 0 aromatic carbocycles. The smallest absolute Gasteiger partial charge is 0.325 e. The fourth-order valence-corrected chi connectivity index (χ4v) is 6.39. The Morgan fingerprint density at radius 3 is 2.62 bits per heavy atom. The van der Waals surface area contributed by atoms with Crippen molar-refractivity contribution in [3.63, 3.8) is 0 Å². The van der Waals surface area contributed by atoms with Gasteiger partial charge in [-0.2, -0.15) is 4.31 Å². The van der Waals surface area contributed by atoms with Crippen LogP contribution in [0, 0.1) is 0 Å². The minimum Gasteiger partial charge on any atom is -0.355 e. The zero-order chi connectivity index (χ0) is 21.1. The van der Waals surface area contributed by atoms with Crippen molar-refractivity contribution in [3.8, 4) is 0 Å². The average molecular weight is 429 g/mol. The van der Waals surface area contributed by atoms with E-state index in [1.54, 1.807) is 0 Å². The van der Waals surface area contributed by atoms with E-state index < -0.39 is 21.6 Å². The van der Waals surface area contributed by atoms with Crippen molar-refractivity contribution in [3.05, 3.63) is 0 Å². The molecule has 164 valence electrons. The molecule has 1 aliphatic carbocycles. The summed E-state index contributed by atoms with van der Waals surface area (Å²) in [4.78, 5) is 38.6. The Kier molecular flexibility index (Phi) is 6.83. The van der Waals surface area contributed by atoms with E-state index in [1.807, 2.05) is 6.92 Å². The number of hydrogen-bond donors (Lipinski definition) is 2. The molecular weight excluding hydrogens is 396 g/mol. The van der Waals surface area contributed by atoms with E-state index >= 15 is 0 Å². The van der Waals surface area contributed by atoms with Crippen molar-refractivity contribution in [1.82, 2.24) is 19.8 Å². The molecule has 3 aliphatic rings. The van der Waals surface area contributed by atoms with E-state index in [9.17, 15) is 22.8 Å². The first-order valence-electron chi connectivity index (χ1n) is 10.7. The number of amides is 4. The van der Waals surface area contributed by atoms with E-state index in [0.717, 1.165) is 25.7 Å². The minimum atomic E-state index is -3.43. The van der Waals surface area contributed by atoms with Crippen LogP contribution in [-0.2, 0) is 19.6 Å². The van der Waals surface area contributed by atoms with Gasteiger partial charge in [-0.3, -0.25) is 14.5 Å². The van der Waals surface area contributed by atoms with Crippen LogP contribution >= 0.6 is 0 Å². The number of nitrogens with one attached hydrogen (secondary N) is 2. The quantitative estimate of drug-likeness (QED) is 0.441. The lowest BCUT2D eigenvalue weighted by Crippen LogP contribution is -2.52. The van der Waals surface area contributed by atoms with Crippen LogP contribution in [0.5, 0.6) is 0 Å². The summed E-state index contributed by atoms with van der Waals surface area (Å²) in [5.41, 5.74) is -0.712. The molecule has 2 aliphatic heterocycles. The predicted octanol–water partition coefficient (Wildman–Crippen LogP) is 0.952. The molecule has 3 fully saturated rings. The average Bonchev–Trinajstić information content (AvgIpc) is 3.25. The maximum absolute atomic E-state index is 12.6. The highest BCUT2D eigenvalue weighted by atomic mass is 32.2. The Morgan fingerprint density at radius 1 is 1.21 bits per heavy atom. The summed E-state index contributed by atoms with van der Waals surface area (Å²) in [6, 6.07) is -1.02. The standard InChI is InChI=1S/C19H32N4O5S/c1-2-14-29(27,28)23-13-6-3-8-15(23)16(24)20-11-7-12-22-17(25)19(21-18(22)26)9-4-5-10-19/h15H,2-14H2,1H3,(H,20,24)(H,21,26)/t15-/m0/s1. The second kappa shape index (κ2) is 8.99. The van der Waals surface area contributed by atoms with Gasteiger partial charge in [-0.1, -0.05) is 26.2 Å². The Labute approximate surface area is 172 Å². The third-order valence-electron chi connectivity index (χ3n) is 6.14. The number of imide groups is 1. The molecule has 3 rings (SSSR count). The lowest BCUT2D eigenvalue weighted by molar-refractivity contribution is -0.131. The first kappa shape index (κ1) is 22.0. The van der Waals surface area contributed by atoms with Crippen LogP contribution in [0.4, 0.5) is 4.79 Å². The molecule has 1 spiro atoms. The van der Waals surface area contributed by atoms with Gasteiger partial charge < -0.3 is 10.6 Å². The Balaban J connectivity index is 1.49. The first-order valence-corrected chi connectivity index (χ1v) is 12.3. The lowest BCUT2D eigenvalue weighted by Gasteiger charge is -2.33. The summed E-state index contributed by atoms with van der Waals surface area (Å²) in [6.45, 7) is 2.73. The van der Waals surface area contributed by atoms with Gasteiger partial charge in [0.15, 0.2) is 0 Å². The highest BCUT2D eigenvalue weighted by Crippen LogP contribution is 2.35. The number of hydrogen-bond acceptors (Lipinski definition) is 5. The monoisotopic (exact) mass is 428 g/mol. The third kappa shape index (κ3) is 4.58. The predicted molar refractivity (Wildman–Crippen MR) is 107 cm³/mol. The van der Waals surface area contributed by atoms with E-state index in [-0.39, 0.29) is 30.1 Å². The number of carbonyl (C=O) groups excluding carboxylic acids is 3.